The van der Waals surface area contributed by atoms with Gasteiger partial charge in [0, 0.05) is 11.8 Å². The first-order chi connectivity index (χ1) is 13.1. The molecule has 1 aliphatic heterocycles. The number of nitrogens with one attached hydrogen (secondary N) is 2. The Bertz CT molecular complexity index is 599. The minimum atomic E-state index is -1.27. The standard InChI is InChI=1S/C18H33ClN4O4S/c1-5-8-28-16-21-15(19)14(20)18(4,23-16)22-11-9-12(26-7-6-24)13(10-11)27-17(2,3)25/h11-13,22,24-25H,5-10,20H2,1-4H3,(H,21,23)/t11-,12+,13?,18?/m0/s1. The number of aliphatic hydroxyl groups is 2. The topological polar surface area (TPSA) is 121 Å². The number of aliphatic hydroxyl groups excluding tert-OH is 1. The number of ether oxygens (including phenoxy) is 2. The van der Waals surface area contributed by atoms with Gasteiger partial charge in [0.05, 0.1) is 31.1 Å². The number of hydrogen-bond donors (Lipinski definition) is 5. The summed E-state index contributed by atoms with van der Waals surface area (Å²) in [4.78, 5) is 4.75. The highest BCUT2D eigenvalue weighted by Crippen LogP contribution is 2.32. The number of thioether (sulfide) groups is 1. The van der Waals surface area contributed by atoms with Crippen LogP contribution in [0, 0.1) is 0 Å². The van der Waals surface area contributed by atoms with E-state index in [0.717, 1.165) is 17.3 Å². The summed E-state index contributed by atoms with van der Waals surface area (Å²) < 4.78 is 11.5. The third-order valence-electron chi connectivity index (χ3n) is 4.54. The molecule has 0 amide bonds. The fourth-order valence-corrected chi connectivity index (χ4v) is 4.54. The number of hydrogen-bond acceptors (Lipinski definition) is 9. The Morgan fingerprint density at radius 2 is 2.11 bits per heavy atom. The normalized spacial score (nSPS) is 31.1. The fourth-order valence-electron chi connectivity index (χ4n) is 3.39. The van der Waals surface area contributed by atoms with Crippen LogP contribution in [0.15, 0.2) is 15.8 Å². The smallest absolute Gasteiger partial charge is 0.164 e. The van der Waals surface area contributed by atoms with Crippen molar-refractivity contribution < 1.29 is 19.7 Å². The molecule has 2 aliphatic rings. The van der Waals surface area contributed by atoms with Crippen molar-refractivity contribution in [3.63, 3.8) is 0 Å². The molecule has 6 N–H and O–H groups in total. The monoisotopic (exact) mass is 436 g/mol. The molecule has 8 nitrogen and oxygen atoms in total. The molecule has 1 aliphatic carbocycles. The largest absolute Gasteiger partial charge is 0.397 e. The third kappa shape index (κ3) is 6.48. The zero-order chi connectivity index (χ0) is 20.9. The van der Waals surface area contributed by atoms with Gasteiger partial charge in [-0.1, -0.05) is 30.3 Å². The lowest BCUT2D eigenvalue weighted by Gasteiger charge is -2.35. The van der Waals surface area contributed by atoms with Gasteiger partial charge < -0.3 is 30.7 Å². The lowest BCUT2D eigenvalue weighted by atomic mass is 10.1. The third-order valence-corrected chi connectivity index (χ3v) is 5.92. The number of halogens is 1. The minimum absolute atomic E-state index is 0.0108. The quantitative estimate of drug-likeness (QED) is 0.272. The van der Waals surface area contributed by atoms with Gasteiger partial charge >= 0.3 is 0 Å². The van der Waals surface area contributed by atoms with Gasteiger partial charge in [0.2, 0.25) is 0 Å². The molecule has 162 valence electrons. The first-order valence-corrected chi connectivity index (χ1v) is 11.0. The van der Waals surface area contributed by atoms with Crippen LogP contribution < -0.4 is 16.4 Å². The molecule has 1 fully saturated rings. The molecule has 1 heterocycles. The van der Waals surface area contributed by atoms with Crippen molar-refractivity contribution in [2.24, 2.45) is 10.7 Å². The molecule has 28 heavy (non-hydrogen) atoms. The maximum Gasteiger partial charge on any atom is 0.164 e. The van der Waals surface area contributed by atoms with Gasteiger partial charge in [-0.2, -0.15) is 0 Å². The molecule has 0 aromatic carbocycles. The summed E-state index contributed by atoms with van der Waals surface area (Å²) >= 11 is 7.92. The van der Waals surface area contributed by atoms with Crippen molar-refractivity contribution in [3.8, 4) is 0 Å². The number of rotatable bonds is 9. The second kappa shape index (κ2) is 9.97. The summed E-state index contributed by atoms with van der Waals surface area (Å²) in [5.74, 6) is -0.350. The molecule has 0 bridgehead atoms. The van der Waals surface area contributed by atoms with Crippen LogP contribution >= 0.6 is 23.4 Å². The van der Waals surface area contributed by atoms with E-state index in [4.69, 9.17) is 36.9 Å². The average Bonchev–Trinajstić information content (AvgIpc) is 2.94. The van der Waals surface area contributed by atoms with Crippen molar-refractivity contribution in [1.82, 2.24) is 10.6 Å². The summed E-state index contributed by atoms with van der Waals surface area (Å²) in [5.41, 5.74) is 5.82. The predicted molar refractivity (Wildman–Crippen MR) is 113 cm³/mol. The molecular formula is C18H33ClN4O4S. The molecule has 1 saturated carbocycles. The molecule has 0 spiro atoms. The van der Waals surface area contributed by atoms with Crippen molar-refractivity contribution in [2.75, 3.05) is 19.0 Å². The summed E-state index contributed by atoms with van der Waals surface area (Å²) in [6.45, 7) is 7.33. The maximum absolute atomic E-state index is 10.0. The van der Waals surface area contributed by atoms with Gasteiger partial charge in [-0.25, -0.2) is 4.99 Å². The van der Waals surface area contributed by atoms with Crippen LogP contribution in [0.3, 0.4) is 0 Å². The number of nitrogens with two attached hydrogens (primary N) is 1. The molecule has 0 aromatic rings. The highest BCUT2D eigenvalue weighted by atomic mass is 35.5. The van der Waals surface area contributed by atoms with Crippen LogP contribution in [0.4, 0.5) is 0 Å². The first-order valence-electron chi connectivity index (χ1n) is 9.63. The van der Waals surface area contributed by atoms with Crippen molar-refractivity contribution in [3.05, 3.63) is 10.9 Å². The zero-order valence-electron chi connectivity index (χ0n) is 17.0. The predicted octanol–water partition coefficient (Wildman–Crippen LogP) is 1.41. The van der Waals surface area contributed by atoms with Crippen LogP contribution in [0.2, 0.25) is 0 Å². The lowest BCUT2D eigenvalue weighted by Crippen LogP contribution is -2.54. The lowest BCUT2D eigenvalue weighted by molar-refractivity contribution is -0.224. The van der Waals surface area contributed by atoms with Gasteiger partial charge in [-0.15, -0.1) is 0 Å². The Balaban J connectivity index is 2.13. The highest BCUT2D eigenvalue weighted by molar-refractivity contribution is 8.13. The van der Waals surface area contributed by atoms with Crippen LogP contribution in [-0.4, -0.2) is 64.0 Å². The number of amidine groups is 1. The zero-order valence-corrected chi connectivity index (χ0v) is 18.6. The molecular weight excluding hydrogens is 404 g/mol. The van der Waals surface area contributed by atoms with E-state index in [1.54, 1.807) is 25.6 Å². The van der Waals surface area contributed by atoms with E-state index >= 15 is 0 Å². The van der Waals surface area contributed by atoms with Crippen LogP contribution in [0.5, 0.6) is 0 Å². The second-order valence-electron chi connectivity index (χ2n) is 7.74. The van der Waals surface area contributed by atoms with Crippen molar-refractivity contribution in [2.45, 2.75) is 76.7 Å². The van der Waals surface area contributed by atoms with Gasteiger partial charge in [0.25, 0.3) is 0 Å². The first kappa shape index (κ1) is 23.7. The Morgan fingerprint density at radius 1 is 1.43 bits per heavy atom. The van der Waals surface area contributed by atoms with E-state index in [1.807, 2.05) is 6.92 Å². The highest BCUT2D eigenvalue weighted by Gasteiger charge is 2.43. The Hall–Kier alpha value is -0.550. The van der Waals surface area contributed by atoms with Crippen molar-refractivity contribution >= 4 is 28.5 Å². The number of nitrogens with zero attached hydrogens (tertiary/aromatic N) is 1. The van der Waals surface area contributed by atoms with E-state index in [0.29, 0.717) is 23.7 Å². The molecule has 10 heteroatoms. The summed E-state index contributed by atoms with van der Waals surface area (Å²) in [5, 5.41) is 26.8. The van der Waals surface area contributed by atoms with Crippen LogP contribution in [-0.2, 0) is 9.47 Å². The summed E-state index contributed by atoms with van der Waals surface area (Å²) in [6.07, 6.45) is 1.71. The number of aliphatic imine (C=N–C) groups is 1. The van der Waals surface area contributed by atoms with E-state index in [9.17, 15) is 5.11 Å². The molecule has 0 aromatic heterocycles. The van der Waals surface area contributed by atoms with Crippen LogP contribution in [0.25, 0.3) is 0 Å². The van der Waals surface area contributed by atoms with E-state index in [1.165, 1.54) is 0 Å². The second-order valence-corrected chi connectivity index (χ2v) is 9.20. The summed E-state index contributed by atoms with van der Waals surface area (Å²) in [7, 11) is 0. The Morgan fingerprint density at radius 3 is 2.71 bits per heavy atom. The molecule has 2 rings (SSSR count). The Labute approximate surface area is 176 Å². The molecule has 0 saturated heterocycles. The van der Waals surface area contributed by atoms with Gasteiger partial charge in [-0.3, -0.25) is 5.32 Å². The Kier molecular flexibility index (Phi) is 8.45. The van der Waals surface area contributed by atoms with Gasteiger partial charge in [0.1, 0.15) is 5.16 Å². The molecule has 4 atom stereocenters. The van der Waals surface area contributed by atoms with Gasteiger partial charge in [-0.05, 0) is 40.0 Å². The van der Waals surface area contributed by atoms with Gasteiger partial charge in [0.15, 0.2) is 16.6 Å². The van der Waals surface area contributed by atoms with Crippen LogP contribution in [0.1, 0.15) is 47.0 Å². The van der Waals surface area contributed by atoms with E-state index in [2.05, 4.69) is 17.6 Å². The van der Waals surface area contributed by atoms with Crippen molar-refractivity contribution in [1.29, 1.82) is 0 Å². The SMILES string of the molecule is CCCSC1=NC(C)(N[C@@H]2CC(OC(C)(C)O)[C@H](OCCO)C2)C(N)=C(Cl)N1. The molecule has 0 radical (unpaired) electrons. The van der Waals surface area contributed by atoms with E-state index < -0.39 is 11.4 Å². The maximum atomic E-state index is 10.0. The fraction of sp³-hybridized carbons (Fsp3) is 0.833. The van der Waals surface area contributed by atoms with E-state index in [-0.39, 0.29) is 31.5 Å². The minimum Gasteiger partial charge on any atom is -0.397 e. The summed E-state index contributed by atoms with van der Waals surface area (Å²) in [6, 6.07) is -0.0108. The molecule has 2 unspecified atom stereocenters. The average molecular weight is 437 g/mol.